The Morgan fingerprint density at radius 2 is 1.67 bits per heavy atom. The molecule has 0 fully saturated rings. The number of fused-ring (bicyclic) bond motifs is 2. The normalized spacial score (nSPS) is 11.2. The van der Waals surface area contributed by atoms with Crippen LogP contribution >= 0.6 is 0 Å². The van der Waals surface area contributed by atoms with Crippen molar-refractivity contribution in [1.82, 2.24) is 9.66 Å². The second-order valence-electron chi connectivity index (χ2n) is 9.27. The first-order valence-electron chi connectivity index (χ1n) is 13.0. The molecule has 0 atom stereocenters. The van der Waals surface area contributed by atoms with E-state index in [1.807, 2.05) is 48.5 Å². The molecule has 0 bridgehead atoms. The third-order valence-corrected chi connectivity index (χ3v) is 6.71. The standard InChI is InChI=1S/C33H24N4O5/c1-39-28-15-21(16-29(40-2)31(28)41-20-24-11-4-3-10-23(24)18-34)19-35-37-32(30-17-22-9-5-8-14-27(22)42-30)36-26-13-7-6-12-25(26)33(37)38/h3-17,19H,20H2,1-2H3. The monoisotopic (exact) mass is 556 g/mol. The van der Waals surface area contributed by atoms with Gasteiger partial charge in [-0.25, -0.2) is 4.98 Å². The van der Waals surface area contributed by atoms with E-state index in [-0.39, 0.29) is 18.0 Å². The molecule has 0 spiro atoms. The smallest absolute Gasteiger partial charge is 0.282 e. The van der Waals surface area contributed by atoms with Crippen molar-refractivity contribution in [2.75, 3.05) is 14.2 Å². The minimum absolute atomic E-state index is 0.142. The van der Waals surface area contributed by atoms with E-state index in [4.69, 9.17) is 23.6 Å². The zero-order valence-electron chi connectivity index (χ0n) is 22.8. The highest BCUT2D eigenvalue weighted by atomic mass is 16.5. The number of hydrogen-bond donors (Lipinski definition) is 0. The SMILES string of the molecule is COc1cc(C=Nn2c(-c3cc4ccccc4o3)nc3ccccc3c2=O)cc(OC)c1OCc1ccccc1C#N. The fourth-order valence-electron chi connectivity index (χ4n) is 4.63. The van der Waals surface area contributed by atoms with Crippen LogP contribution in [-0.4, -0.2) is 30.1 Å². The van der Waals surface area contributed by atoms with Crippen molar-refractivity contribution in [3.05, 3.63) is 118 Å². The molecule has 2 heterocycles. The predicted octanol–water partition coefficient (Wildman–Crippen LogP) is 6.16. The van der Waals surface area contributed by atoms with Gasteiger partial charge in [-0.05, 0) is 42.5 Å². The summed E-state index contributed by atoms with van der Waals surface area (Å²) >= 11 is 0. The molecule has 0 radical (unpaired) electrons. The van der Waals surface area contributed by atoms with Crippen LogP contribution in [0.5, 0.6) is 17.2 Å². The number of nitriles is 1. The number of methoxy groups -OCH3 is 2. The maximum Gasteiger partial charge on any atom is 0.282 e. The number of aromatic nitrogens is 2. The van der Waals surface area contributed by atoms with E-state index < -0.39 is 0 Å². The number of ether oxygens (including phenoxy) is 3. The minimum atomic E-state index is -0.345. The van der Waals surface area contributed by atoms with Gasteiger partial charge in [-0.1, -0.05) is 48.5 Å². The van der Waals surface area contributed by atoms with Crippen LogP contribution in [0.4, 0.5) is 0 Å². The molecule has 0 saturated heterocycles. The Hall–Kier alpha value is -5.88. The van der Waals surface area contributed by atoms with Crippen LogP contribution in [0, 0.1) is 11.3 Å². The first-order chi connectivity index (χ1) is 20.6. The topological polar surface area (TPSA) is 112 Å². The fraction of sp³-hybridized carbons (Fsp3) is 0.0909. The Balaban J connectivity index is 1.41. The van der Waals surface area contributed by atoms with Gasteiger partial charge in [-0.15, -0.1) is 0 Å². The first kappa shape index (κ1) is 26.3. The highest BCUT2D eigenvalue weighted by Crippen LogP contribution is 2.39. The van der Waals surface area contributed by atoms with Gasteiger partial charge in [0.25, 0.3) is 5.56 Å². The Labute approximate surface area is 240 Å². The van der Waals surface area contributed by atoms with Gasteiger partial charge in [0.1, 0.15) is 12.2 Å². The molecule has 0 saturated carbocycles. The number of hydrogen-bond acceptors (Lipinski definition) is 8. The molecular formula is C33H24N4O5. The number of para-hydroxylation sites is 2. The summed E-state index contributed by atoms with van der Waals surface area (Å²) in [5.74, 6) is 1.84. The van der Waals surface area contributed by atoms with E-state index in [0.29, 0.717) is 50.6 Å². The lowest BCUT2D eigenvalue weighted by Crippen LogP contribution is -2.20. The van der Waals surface area contributed by atoms with Crippen LogP contribution < -0.4 is 19.8 Å². The highest BCUT2D eigenvalue weighted by molar-refractivity contribution is 5.85. The van der Waals surface area contributed by atoms with Crippen molar-refractivity contribution in [1.29, 1.82) is 5.26 Å². The van der Waals surface area contributed by atoms with Gasteiger partial charge in [-0.3, -0.25) is 4.79 Å². The molecule has 6 rings (SSSR count). The summed E-state index contributed by atoms with van der Waals surface area (Å²) in [7, 11) is 3.03. The summed E-state index contributed by atoms with van der Waals surface area (Å²) in [6, 6.07) is 29.3. The lowest BCUT2D eigenvalue weighted by Gasteiger charge is -2.16. The molecule has 6 aromatic rings. The van der Waals surface area contributed by atoms with Gasteiger partial charge in [0.15, 0.2) is 17.3 Å². The summed E-state index contributed by atoms with van der Waals surface area (Å²) in [5, 5.41) is 15.3. The van der Waals surface area contributed by atoms with Crippen LogP contribution in [0.1, 0.15) is 16.7 Å². The largest absolute Gasteiger partial charge is 0.493 e. The third kappa shape index (κ3) is 4.93. The van der Waals surface area contributed by atoms with Crippen molar-refractivity contribution in [2.45, 2.75) is 6.61 Å². The lowest BCUT2D eigenvalue weighted by atomic mass is 10.1. The highest BCUT2D eigenvalue weighted by Gasteiger charge is 2.18. The quantitative estimate of drug-likeness (QED) is 0.206. The lowest BCUT2D eigenvalue weighted by molar-refractivity contribution is 0.265. The Kier molecular flexibility index (Phi) is 7.10. The predicted molar refractivity (Wildman–Crippen MR) is 159 cm³/mol. The van der Waals surface area contributed by atoms with Crippen molar-refractivity contribution < 1.29 is 18.6 Å². The summed E-state index contributed by atoms with van der Waals surface area (Å²) in [6.07, 6.45) is 1.52. The Bertz CT molecular complexity index is 2010. The molecule has 2 aromatic heterocycles. The van der Waals surface area contributed by atoms with Gasteiger partial charge in [0.2, 0.25) is 11.6 Å². The molecule has 0 amide bonds. The van der Waals surface area contributed by atoms with Crippen LogP contribution in [-0.2, 0) is 6.61 Å². The molecule has 0 unspecified atom stereocenters. The molecular weight excluding hydrogens is 532 g/mol. The Morgan fingerprint density at radius 3 is 2.43 bits per heavy atom. The fourth-order valence-corrected chi connectivity index (χ4v) is 4.63. The molecule has 0 aliphatic rings. The van der Waals surface area contributed by atoms with E-state index in [0.717, 1.165) is 10.9 Å². The maximum absolute atomic E-state index is 13.6. The van der Waals surface area contributed by atoms with Crippen LogP contribution in [0.3, 0.4) is 0 Å². The summed E-state index contributed by atoms with van der Waals surface area (Å²) in [4.78, 5) is 18.3. The summed E-state index contributed by atoms with van der Waals surface area (Å²) in [6.45, 7) is 0.142. The summed E-state index contributed by atoms with van der Waals surface area (Å²) in [5.41, 5.74) is 2.71. The van der Waals surface area contributed by atoms with E-state index in [2.05, 4.69) is 11.2 Å². The molecule has 0 aliphatic heterocycles. The van der Waals surface area contributed by atoms with E-state index in [1.54, 1.807) is 42.5 Å². The van der Waals surface area contributed by atoms with E-state index in [1.165, 1.54) is 25.1 Å². The van der Waals surface area contributed by atoms with Crippen molar-refractivity contribution in [3.63, 3.8) is 0 Å². The first-order valence-corrected chi connectivity index (χ1v) is 13.0. The average molecular weight is 557 g/mol. The average Bonchev–Trinajstić information content (AvgIpc) is 3.47. The van der Waals surface area contributed by atoms with Gasteiger partial charge in [-0.2, -0.15) is 15.0 Å². The zero-order chi connectivity index (χ0) is 29.1. The van der Waals surface area contributed by atoms with Crippen molar-refractivity contribution >= 4 is 28.1 Å². The third-order valence-electron chi connectivity index (χ3n) is 6.71. The van der Waals surface area contributed by atoms with Gasteiger partial charge in [0.05, 0.1) is 43.0 Å². The molecule has 9 heteroatoms. The number of nitrogens with zero attached hydrogens (tertiary/aromatic N) is 4. The van der Waals surface area contributed by atoms with Crippen LogP contribution in [0.2, 0.25) is 0 Å². The van der Waals surface area contributed by atoms with Crippen molar-refractivity contribution in [2.24, 2.45) is 5.10 Å². The van der Waals surface area contributed by atoms with E-state index >= 15 is 0 Å². The second kappa shape index (κ2) is 11.3. The van der Waals surface area contributed by atoms with Gasteiger partial charge in [0, 0.05) is 16.5 Å². The molecule has 9 nitrogen and oxygen atoms in total. The van der Waals surface area contributed by atoms with Gasteiger partial charge >= 0.3 is 0 Å². The minimum Gasteiger partial charge on any atom is -0.493 e. The molecule has 42 heavy (non-hydrogen) atoms. The molecule has 0 N–H and O–H groups in total. The molecule has 0 aliphatic carbocycles. The van der Waals surface area contributed by atoms with Gasteiger partial charge < -0.3 is 18.6 Å². The second-order valence-corrected chi connectivity index (χ2v) is 9.27. The number of furan rings is 1. The zero-order valence-corrected chi connectivity index (χ0v) is 22.8. The van der Waals surface area contributed by atoms with Crippen LogP contribution in [0.15, 0.2) is 105 Å². The number of benzene rings is 4. The molecule has 4 aromatic carbocycles. The van der Waals surface area contributed by atoms with E-state index in [9.17, 15) is 10.1 Å². The van der Waals surface area contributed by atoms with Crippen molar-refractivity contribution in [3.8, 4) is 34.9 Å². The summed E-state index contributed by atoms with van der Waals surface area (Å²) < 4.78 is 24.5. The maximum atomic E-state index is 13.6. The molecule has 206 valence electrons. The number of rotatable bonds is 8. The van der Waals surface area contributed by atoms with Crippen LogP contribution in [0.25, 0.3) is 33.5 Å². The Morgan fingerprint density at radius 1 is 0.952 bits per heavy atom.